The van der Waals surface area contributed by atoms with E-state index in [2.05, 4.69) is 39.8 Å². The van der Waals surface area contributed by atoms with Crippen molar-refractivity contribution in [1.29, 1.82) is 0 Å². The second-order valence-corrected chi connectivity index (χ2v) is 5.51. The van der Waals surface area contributed by atoms with Gasteiger partial charge in [0.2, 0.25) is 0 Å². The monoisotopic (exact) mass is 319 g/mol. The molecule has 0 radical (unpaired) electrons. The molecule has 0 saturated carbocycles. The molecule has 23 heavy (non-hydrogen) atoms. The quantitative estimate of drug-likeness (QED) is 0.711. The van der Waals surface area contributed by atoms with Crippen molar-refractivity contribution >= 4 is 11.0 Å². The van der Waals surface area contributed by atoms with Crippen LogP contribution < -0.4 is 10.6 Å². The normalized spacial score (nSPS) is 15.4. The number of aliphatic hydroxyl groups is 1. The smallest absolute Gasteiger partial charge is 0.134 e. The van der Waals surface area contributed by atoms with Gasteiger partial charge in [-0.3, -0.25) is 4.90 Å². The second kappa shape index (κ2) is 9.67. The van der Waals surface area contributed by atoms with Gasteiger partial charge in [-0.25, -0.2) is 0 Å². The molecule has 5 nitrogen and oxygen atoms in total. The maximum Gasteiger partial charge on any atom is 0.134 e. The van der Waals surface area contributed by atoms with Gasteiger partial charge in [-0.1, -0.05) is 26.0 Å². The molecule has 0 bridgehead atoms. The molecule has 1 saturated heterocycles. The fraction of sp³-hybridized carbons (Fsp3) is 0.556. The number of furan rings is 1. The summed E-state index contributed by atoms with van der Waals surface area (Å²) < 4.78 is 5.98. The van der Waals surface area contributed by atoms with Crippen LogP contribution in [0.4, 0.5) is 0 Å². The number of piperazine rings is 1. The van der Waals surface area contributed by atoms with E-state index >= 15 is 0 Å². The number of aliphatic hydroxyl groups excluding tert-OH is 1. The summed E-state index contributed by atoms with van der Waals surface area (Å²) in [7, 11) is 0. The maximum absolute atomic E-state index is 8.78. The average Bonchev–Trinajstić information content (AvgIpc) is 2.99. The molecule has 1 fully saturated rings. The van der Waals surface area contributed by atoms with Gasteiger partial charge in [0.1, 0.15) is 11.3 Å². The van der Waals surface area contributed by atoms with Crippen molar-refractivity contribution in [1.82, 2.24) is 15.5 Å². The Labute approximate surface area is 138 Å². The van der Waals surface area contributed by atoms with Gasteiger partial charge in [-0.2, -0.15) is 0 Å². The number of nitrogens with zero attached hydrogens (tertiary/aromatic N) is 1. The summed E-state index contributed by atoms with van der Waals surface area (Å²) >= 11 is 0. The molecule has 0 atom stereocenters. The van der Waals surface area contributed by atoms with Crippen molar-refractivity contribution in [3.63, 3.8) is 0 Å². The molecule has 0 amide bonds. The number of nitrogens with one attached hydrogen (secondary N) is 2. The van der Waals surface area contributed by atoms with Crippen molar-refractivity contribution in [3.05, 3.63) is 35.6 Å². The van der Waals surface area contributed by atoms with E-state index in [9.17, 15) is 0 Å². The van der Waals surface area contributed by atoms with E-state index in [1.165, 1.54) is 5.56 Å². The first kappa shape index (κ1) is 17.9. The van der Waals surface area contributed by atoms with Crippen LogP contribution >= 0.6 is 0 Å². The van der Waals surface area contributed by atoms with Crippen molar-refractivity contribution in [2.24, 2.45) is 0 Å². The fourth-order valence-corrected chi connectivity index (χ4v) is 2.72. The summed E-state index contributed by atoms with van der Waals surface area (Å²) in [6.07, 6.45) is 0. The third kappa shape index (κ3) is 5.32. The first-order valence-corrected chi connectivity index (χ1v) is 8.61. The lowest BCUT2D eigenvalue weighted by molar-refractivity contribution is 0.218. The number of benzene rings is 1. The van der Waals surface area contributed by atoms with Crippen LogP contribution in [0.1, 0.15) is 25.2 Å². The molecule has 1 aliphatic heterocycles. The zero-order valence-corrected chi connectivity index (χ0v) is 14.3. The van der Waals surface area contributed by atoms with E-state index in [0.717, 1.165) is 56.0 Å². The summed E-state index contributed by atoms with van der Waals surface area (Å²) in [5.74, 6) is 1.03. The summed E-state index contributed by atoms with van der Waals surface area (Å²) in [6.45, 7) is 10.7. The molecular formula is C18H29N3O2. The summed E-state index contributed by atoms with van der Waals surface area (Å²) in [5, 5.41) is 16.5. The Morgan fingerprint density at radius 3 is 2.74 bits per heavy atom. The lowest BCUT2D eigenvalue weighted by Gasteiger charge is -2.26. The van der Waals surface area contributed by atoms with Crippen LogP contribution in [-0.4, -0.2) is 49.3 Å². The van der Waals surface area contributed by atoms with Crippen molar-refractivity contribution in [3.8, 4) is 0 Å². The Balaban J connectivity index is 0.000000924. The van der Waals surface area contributed by atoms with Crippen LogP contribution in [0.3, 0.4) is 0 Å². The zero-order valence-electron chi connectivity index (χ0n) is 14.3. The predicted molar refractivity (Wildman–Crippen MR) is 94.5 cm³/mol. The molecule has 0 unspecified atom stereocenters. The molecule has 128 valence electrons. The SMILES string of the molecule is CC.OCCNCc1ccc2cc(CN3CCNCC3)oc2c1. The van der Waals surface area contributed by atoms with E-state index in [-0.39, 0.29) is 6.61 Å². The number of rotatable bonds is 6. The third-order valence-corrected chi connectivity index (χ3v) is 3.84. The Morgan fingerprint density at radius 1 is 1.22 bits per heavy atom. The summed E-state index contributed by atoms with van der Waals surface area (Å²) in [6, 6.07) is 8.44. The highest BCUT2D eigenvalue weighted by Crippen LogP contribution is 2.22. The maximum atomic E-state index is 8.78. The van der Waals surface area contributed by atoms with E-state index in [4.69, 9.17) is 9.52 Å². The van der Waals surface area contributed by atoms with Gasteiger partial charge in [0.25, 0.3) is 0 Å². The number of hydrogen-bond donors (Lipinski definition) is 3. The Morgan fingerprint density at radius 2 is 2.00 bits per heavy atom. The van der Waals surface area contributed by atoms with Gasteiger partial charge in [0, 0.05) is 44.7 Å². The molecular weight excluding hydrogens is 290 g/mol. The summed E-state index contributed by atoms with van der Waals surface area (Å²) in [5.41, 5.74) is 2.13. The minimum Gasteiger partial charge on any atom is -0.460 e. The average molecular weight is 319 g/mol. The lowest BCUT2D eigenvalue weighted by Crippen LogP contribution is -2.42. The molecule has 1 aliphatic rings. The van der Waals surface area contributed by atoms with E-state index in [0.29, 0.717) is 6.54 Å². The van der Waals surface area contributed by atoms with Gasteiger partial charge in [-0.15, -0.1) is 0 Å². The molecule has 2 aromatic rings. The van der Waals surface area contributed by atoms with Crippen LogP contribution in [-0.2, 0) is 13.1 Å². The molecule has 1 aromatic heterocycles. The van der Waals surface area contributed by atoms with Crippen LogP contribution in [0.5, 0.6) is 0 Å². The predicted octanol–water partition coefficient (Wildman–Crippen LogP) is 1.95. The largest absolute Gasteiger partial charge is 0.460 e. The molecule has 0 spiro atoms. The second-order valence-electron chi connectivity index (χ2n) is 5.51. The fourth-order valence-electron chi connectivity index (χ4n) is 2.72. The van der Waals surface area contributed by atoms with Gasteiger partial charge < -0.3 is 20.2 Å². The zero-order chi connectivity index (χ0) is 16.5. The molecule has 5 heteroatoms. The molecule has 0 aliphatic carbocycles. The van der Waals surface area contributed by atoms with Gasteiger partial charge in [0.05, 0.1) is 13.2 Å². The van der Waals surface area contributed by atoms with Crippen LogP contribution in [0, 0.1) is 0 Å². The Bertz CT molecular complexity index is 577. The van der Waals surface area contributed by atoms with Gasteiger partial charge >= 0.3 is 0 Å². The highest BCUT2D eigenvalue weighted by molar-refractivity contribution is 5.78. The summed E-state index contributed by atoms with van der Waals surface area (Å²) in [4.78, 5) is 2.41. The minimum atomic E-state index is 0.165. The minimum absolute atomic E-state index is 0.165. The van der Waals surface area contributed by atoms with Gasteiger partial charge in [-0.05, 0) is 17.7 Å². The third-order valence-electron chi connectivity index (χ3n) is 3.84. The number of fused-ring (bicyclic) bond motifs is 1. The highest BCUT2D eigenvalue weighted by Gasteiger charge is 2.12. The molecule has 2 heterocycles. The highest BCUT2D eigenvalue weighted by atomic mass is 16.3. The van der Waals surface area contributed by atoms with Crippen LogP contribution in [0.2, 0.25) is 0 Å². The van der Waals surface area contributed by atoms with Crippen LogP contribution in [0.15, 0.2) is 28.7 Å². The topological polar surface area (TPSA) is 60.7 Å². The molecule has 1 aromatic carbocycles. The van der Waals surface area contributed by atoms with Crippen molar-refractivity contribution in [2.75, 3.05) is 39.3 Å². The van der Waals surface area contributed by atoms with E-state index in [1.807, 2.05) is 13.8 Å². The number of hydrogen-bond acceptors (Lipinski definition) is 5. The van der Waals surface area contributed by atoms with E-state index in [1.54, 1.807) is 0 Å². The lowest BCUT2D eigenvalue weighted by atomic mass is 10.1. The van der Waals surface area contributed by atoms with Crippen molar-refractivity contribution < 1.29 is 9.52 Å². The Hall–Kier alpha value is -1.40. The standard InChI is InChI=1S/C16H23N3O2.C2H6/c20-8-5-18-11-13-1-2-14-10-15(21-16(14)9-13)12-19-6-3-17-4-7-19;1-2/h1-2,9-10,17-18,20H,3-8,11-12H2;1-2H3. The first-order chi connectivity index (χ1) is 11.3. The van der Waals surface area contributed by atoms with E-state index < -0.39 is 0 Å². The van der Waals surface area contributed by atoms with Crippen molar-refractivity contribution in [2.45, 2.75) is 26.9 Å². The van der Waals surface area contributed by atoms with Crippen LogP contribution in [0.25, 0.3) is 11.0 Å². The first-order valence-electron chi connectivity index (χ1n) is 8.61. The molecule has 3 rings (SSSR count). The van der Waals surface area contributed by atoms with Gasteiger partial charge in [0.15, 0.2) is 0 Å². The Kier molecular flexibility index (Phi) is 7.55. The molecule has 3 N–H and O–H groups in total.